The predicted octanol–water partition coefficient (Wildman–Crippen LogP) is 3.57. The molecule has 0 atom stereocenters. The summed E-state index contributed by atoms with van der Waals surface area (Å²) >= 11 is 8.74. The molecule has 0 aliphatic carbocycles. The van der Waals surface area contributed by atoms with Gasteiger partial charge in [0.1, 0.15) is 4.21 Å². The number of sulfonamides is 1. The minimum atomic E-state index is -3.61. The average molecular weight is 534 g/mol. The lowest BCUT2D eigenvalue weighted by atomic mass is 10.2. The summed E-state index contributed by atoms with van der Waals surface area (Å²) in [5.41, 5.74) is 1.03. The Bertz CT molecular complexity index is 1270. The van der Waals surface area contributed by atoms with E-state index in [0.717, 1.165) is 40.2 Å². The van der Waals surface area contributed by atoms with E-state index < -0.39 is 10.0 Å². The average Bonchev–Trinajstić information content (AvgIpc) is 3.37. The van der Waals surface area contributed by atoms with Crippen molar-refractivity contribution in [1.82, 2.24) is 19.1 Å². The number of likely N-dealkylation sites (N-methyl/N-ethyl adjacent to an activating group) is 1. The van der Waals surface area contributed by atoms with Crippen molar-refractivity contribution in [1.29, 1.82) is 0 Å². The molecule has 0 unspecified atom stereocenters. The zero-order valence-corrected chi connectivity index (χ0v) is 21.3. The Morgan fingerprint density at radius 2 is 1.84 bits per heavy atom. The molecule has 2 aromatic heterocycles. The summed E-state index contributed by atoms with van der Waals surface area (Å²) in [5.74, 6) is -0.101. The van der Waals surface area contributed by atoms with Crippen LogP contribution in [0, 0.1) is 0 Å². The second kappa shape index (κ2) is 9.17. The SMILES string of the molecule is CN1CCc2nc(C(=O)N3CCN(S(=O)(=O)c4cc5cc(Cl)ccc5s4)CC3)sc2C1.Cl. The molecule has 5 rings (SSSR count). The van der Waals surface area contributed by atoms with Crippen LogP contribution in [0.5, 0.6) is 0 Å². The Labute approximate surface area is 206 Å². The smallest absolute Gasteiger partial charge is 0.282 e. The lowest BCUT2D eigenvalue weighted by Crippen LogP contribution is -2.50. The highest BCUT2D eigenvalue weighted by Crippen LogP contribution is 2.33. The molecule has 4 heterocycles. The predicted molar refractivity (Wildman–Crippen MR) is 131 cm³/mol. The van der Waals surface area contributed by atoms with Crippen LogP contribution in [0.3, 0.4) is 0 Å². The van der Waals surface area contributed by atoms with Gasteiger partial charge in [-0.15, -0.1) is 35.1 Å². The van der Waals surface area contributed by atoms with Crippen molar-refractivity contribution in [2.24, 2.45) is 0 Å². The number of rotatable bonds is 3. The summed E-state index contributed by atoms with van der Waals surface area (Å²) in [6.07, 6.45) is 0.863. The topological polar surface area (TPSA) is 73.8 Å². The van der Waals surface area contributed by atoms with Crippen molar-refractivity contribution in [3.8, 4) is 0 Å². The number of piperazine rings is 1. The molecule has 1 aromatic carbocycles. The third-order valence-corrected chi connectivity index (χ3v) is 10.5. The van der Waals surface area contributed by atoms with Crippen molar-refractivity contribution in [2.45, 2.75) is 17.2 Å². The van der Waals surface area contributed by atoms with E-state index in [1.807, 2.05) is 6.07 Å². The quantitative estimate of drug-likeness (QED) is 0.515. The van der Waals surface area contributed by atoms with Gasteiger partial charge in [-0.25, -0.2) is 13.4 Å². The van der Waals surface area contributed by atoms with Crippen LogP contribution in [-0.2, 0) is 23.0 Å². The van der Waals surface area contributed by atoms with Gasteiger partial charge in [-0.3, -0.25) is 4.79 Å². The molecule has 172 valence electrons. The molecule has 0 saturated carbocycles. The highest BCUT2D eigenvalue weighted by atomic mass is 35.5. The van der Waals surface area contributed by atoms with E-state index in [2.05, 4.69) is 16.9 Å². The maximum atomic E-state index is 13.1. The normalized spacial score (nSPS) is 17.9. The van der Waals surface area contributed by atoms with E-state index in [1.165, 1.54) is 27.0 Å². The summed E-state index contributed by atoms with van der Waals surface area (Å²) in [5, 5.41) is 1.91. The molecule has 7 nitrogen and oxygen atoms in total. The molecule has 0 N–H and O–H groups in total. The Morgan fingerprint density at radius 3 is 2.59 bits per heavy atom. The van der Waals surface area contributed by atoms with E-state index in [1.54, 1.807) is 23.1 Å². The molecule has 2 aliphatic heterocycles. The number of hydrogen-bond donors (Lipinski definition) is 0. The lowest BCUT2D eigenvalue weighted by molar-refractivity contribution is 0.0697. The number of aromatic nitrogens is 1. The Kier molecular flexibility index (Phi) is 6.84. The molecule has 1 fully saturated rings. The van der Waals surface area contributed by atoms with Gasteiger partial charge in [0.2, 0.25) is 0 Å². The summed E-state index contributed by atoms with van der Waals surface area (Å²) in [6, 6.07) is 7.04. The van der Waals surface area contributed by atoms with Gasteiger partial charge in [0.05, 0.1) is 5.69 Å². The van der Waals surface area contributed by atoms with Crippen LogP contribution in [0.1, 0.15) is 20.4 Å². The number of carbonyl (C=O) groups is 1. The van der Waals surface area contributed by atoms with E-state index in [-0.39, 0.29) is 31.4 Å². The van der Waals surface area contributed by atoms with Crippen molar-refractivity contribution in [3.05, 3.63) is 44.9 Å². The maximum Gasteiger partial charge on any atom is 0.282 e. The fourth-order valence-electron chi connectivity index (χ4n) is 3.93. The Morgan fingerprint density at radius 1 is 1.09 bits per heavy atom. The largest absolute Gasteiger partial charge is 0.334 e. The van der Waals surface area contributed by atoms with Crippen LogP contribution in [0.25, 0.3) is 10.1 Å². The summed E-state index contributed by atoms with van der Waals surface area (Å²) in [4.78, 5) is 22.6. The van der Waals surface area contributed by atoms with Gasteiger partial charge < -0.3 is 9.80 Å². The number of fused-ring (bicyclic) bond motifs is 2. The zero-order valence-electron chi connectivity index (χ0n) is 17.3. The molecule has 1 saturated heterocycles. The number of thiophene rings is 1. The molecule has 32 heavy (non-hydrogen) atoms. The fourth-order valence-corrected chi connectivity index (χ4v) is 8.22. The minimum absolute atomic E-state index is 0. The third-order valence-electron chi connectivity index (χ3n) is 5.68. The summed E-state index contributed by atoms with van der Waals surface area (Å²) in [6.45, 7) is 3.04. The van der Waals surface area contributed by atoms with E-state index in [0.29, 0.717) is 27.3 Å². The number of thiazole rings is 1. The molecule has 12 heteroatoms. The second-order valence-corrected chi connectivity index (χ2v) is 12.6. The molecule has 3 aromatic rings. The van der Waals surface area contributed by atoms with Crippen molar-refractivity contribution >= 4 is 72.7 Å². The van der Waals surface area contributed by atoms with Crippen LogP contribution in [0.4, 0.5) is 0 Å². The van der Waals surface area contributed by atoms with Crippen molar-refractivity contribution < 1.29 is 13.2 Å². The molecular formula is C20H22Cl2N4O3S3. The summed E-state index contributed by atoms with van der Waals surface area (Å²) < 4.78 is 28.9. The highest BCUT2D eigenvalue weighted by molar-refractivity contribution is 7.91. The van der Waals surface area contributed by atoms with E-state index in [9.17, 15) is 13.2 Å². The van der Waals surface area contributed by atoms with Crippen LogP contribution in [0.2, 0.25) is 5.02 Å². The number of nitrogens with zero attached hydrogens (tertiary/aromatic N) is 4. The van der Waals surface area contributed by atoms with Crippen LogP contribution in [-0.4, -0.2) is 73.2 Å². The van der Waals surface area contributed by atoms with Crippen LogP contribution >= 0.6 is 46.7 Å². The number of benzene rings is 1. The first kappa shape index (κ1) is 23.9. The van der Waals surface area contributed by atoms with E-state index in [4.69, 9.17) is 11.6 Å². The highest BCUT2D eigenvalue weighted by Gasteiger charge is 2.33. The molecule has 2 aliphatic rings. The number of carbonyl (C=O) groups excluding carboxylic acids is 1. The van der Waals surface area contributed by atoms with Gasteiger partial charge >= 0.3 is 0 Å². The maximum absolute atomic E-state index is 13.1. The van der Waals surface area contributed by atoms with E-state index >= 15 is 0 Å². The summed E-state index contributed by atoms with van der Waals surface area (Å²) in [7, 11) is -1.54. The van der Waals surface area contributed by atoms with Crippen molar-refractivity contribution in [3.63, 3.8) is 0 Å². The standard InChI is InChI=1S/C20H21ClN4O3S3.ClH/c1-23-5-4-15-17(12-23)30-19(22-15)20(26)24-6-8-25(9-7-24)31(27,28)18-11-13-10-14(21)2-3-16(13)29-18;/h2-3,10-11H,4-9,12H2,1H3;1H. The minimum Gasteiger partial charge on any atom is -0.334 e. The Hall–Kier alpha value is -1.27. The van der Waals surface area contributed by atoms with Gasteiger partial charge in [-0.1, -0.05) is 11.6 Å². The second-order valence-electron chi connectivity index (χ2n) is 7.82. The van der Waals surface area contributed by atoms with Gasteiger partial charge in [-0.05, 0) is 36.7 Å². The number of halogens is 2. The van der Waals surface area contributed by atoms with Crippen molar-refractivity contribution in [2.75, 3.05) is 39.8 Å². The molecule has 0 radical (unpaired) electrons. The van der Waals surface area contributed by atoms with Crippen LogP contribution < -0.4 is 0 Å². The monoisotopic (exact) mass is 532 g/mol. The molecule has 0 bridgehead atoms. The third kappa shape index (κ3) is 4.42. The van der Waals surface area contributed by atoms with Gasteiger partial charge in [0.25, 0.3) is 15.9 Å². The van der Waals surface area contributed by atoms with Gasteiger partial charge in [0.15, 0.2) is 5.01 Å². The lowest BCUT2D eigenvalue weighted by Gasteiger charge is -2.33. The number of amides is 1. The first-order valence-corrected chi connectivity index (χ1v) is 13.4. The Balaban J connectivity index is 0.00000245. The first-order chi connectivity index (χ1) is 14.8. The number of hydrogen-bond acceptors (Lipinski definition) is 7. The molecular weight excluding hydrogens is 511 g/mol. The van der Waals surface area contributed by atoms with Gasteiger partial charge in [0, 0.05) is 60.3 Å². The van der Waals surface area contributed by atoms with Crippen LogP contribution in [0.15, 0.2) is 28.5 Å². The van der Waals surface area contributed by atoms with Gasteiger partial charge in [-0.2, -0.15) is 4.31 Å². The fraction of sp³-hybridized carbons (Fsp3) is 0.400. The first-order valence-electron chi connectivity index (χ1n) is 9.97. The zero-order chi connectivity index (χ0) is 21.8. The molecule has 1 amide bonds. The molecule has 0 spiro atoms.